The van der Waals surface area contributed by atoms with Gasteiger partial charge in [-0.1, -0.05) is 29.3 Å². The molecule has 5 heteroatoms. The molecule has 0 spiro atoms. The van der Waals surface area contributed by atoms with Gasteiger partial charge in [-0.25, -0.2) is 4.68 Å². The molecule has 5 nitrogen and oxygen atoms in total. The number of nitrogens with zero attached hydrogens (tertiary/aromatic N) is 3. The van der Waals surface area contributed by atoms with E-state index in [1.165, 1.54) is 16.7 Å². The minimum absolute atomic E-state index is 0.227. The van der Waals surface area contributed by atoms with Crippen LogP contribution in [0.2, 0.25) is 0 Å². The van der Waals surface area contributed by atoms with E-state index in [1.54, 1.807) is 0 Å². The molecule has 1 aromatic heterocycles. The van der Waals surface area contributed by atoms with Gasteiger partial charge in [-0.2, -0.15) is 4.98 Å². The van der Waals surface area contributed by atoms with Crippen LogP contribution in [0.3, 0.4) is 0 Å². The molecule has 3 N–H and O–H groups in total. The molecular weight excluding hydrogens is 226 g/mol. The molecule has 0 bridgehead atoms. The summed E-state index contributed by atoms with van der Waals surface area (Å²) in [7, 11) is 0. The third-order valence-electron chi connectivity index (χ3n) is 3.27. The summed E-state index contributed by atoms with van der Waals surface area (Å²) in [6.45, 7) is 5.14. The number of anilines is 2. The monoisotopic (exact) mass is 243 g/mol. The van der Waals surface area contributed by atoms with Crippen LogP contribution in [0.15, 0.2) is 18.2 Å². The van der Waals surface area contributed by atoms with E-state index in [2.05, 4.69) is 47.4 Å². The van der Waals surface area contributed by atoms with Crippen LogP contribution in [0.4, 0.5) is 11.9 Å². The summed E-state index contributed by atoms with van der Waals surface area (Å²) in [5.74, 6) is 1.09. The van der Waals surface area contributed by atoms with Gasteiger partial charge in [0.05, 0.1) is 6.04 Å². The molecule has 1 unspecified atom stereocenters. The van der Waals surface area contributed by atoms with Gasteiger partial charge in [0.1, 0.15) is 0 Å². The number of nitrogens with two attached hydrogens (primary N) is 1. The molecule has 2 aromatic rings. The van der Waals surface area contributed by atoms with Gasteiger partial charge >= 0.3 is 0 Å². The van der Waals surface area contributed by atoms with E-state index in [-0.39, 0.29) is 6.04 Å². The molecule has 1 aliphatic heterocycles. The molecule has 1 aliphatic rings. The minimum atomic E-state index is 0.227. The average Bonchev–Trinajstić information content (AvgIpc) is 2.67. The van der Waals surface area contributed by atoms with Gasteiger partial charge in [0.15, 0.2) is 0 Å². The Morgan fingerprint density at radius 1 is 1.28 bits per heavy atom. The largest absolute Gasteiger partial charge is 0.366 e. The summed E-state index contributed by atoms with van der Waals surface area (Å²) in [5.41, 5.74) is 9.51. The quantitative estimate of drug-likeness (QED) is 0.802. The number of rotatable bonds is 1. The normalized spacial score (nSPS) is 18.2. The van der Waals surface area contributed by atoms with E-state index in [4.69, 9.17) is 5.73 Å². The second kappa shape index (κ2) is 4.01. The van der Waals surface area contributed by atoms with Gasteiger partial charge in [0.25, 0.3) is 0 Å². The predicted molar refractivity (Wildman–Crippen MR) is 71.6 cm³/mol. The highest BCUT2D eigenvalue weighted by molar-refractivity contribution is 5.38. The number of aromatic nitrogens is 3. The highest BCUT2D eigenvalue weighted by atomic mass is 15.4. The fraction of sp³-hybridized carbons (Fsp3) is 0.385. The Kier molecular flexibility index (Phi) is 2.47. The first-order chi connectivity index (χ1) is 8.63. The number of benzene rings is 1. The standard InChI is InChI=1S/C13H17N5/c1-8-5-9(2)7-10(6-8)11-3-4-15-13-16-12(14)17-18(11)13/h5-7,11H,3-4H2,1-2H3,(H3,14,15,16,17). The van der Waals surface area contributed by atoms with Gasteiger partial charge in [0.2, 0.25) is 11.9 Å². The van der Waals surface area contributed by atoms with Crippen LogP contribution >= 0.6 is 0 Å². The van der Waals surface area contributed by atoms with Crippen molar-refractivity contribution in [3.8, 4) is 0 Å². The van der Waals surface area contributed by atoms with E-state index in [9.17, 15) is 0 Å². The second-order valence-electron chi connectivity index (χ2n) is 4.89. The second-order valence-corrected chi connectivity index (χ2v) is 4.89. The van der Waals surface area contributed by atoms with Crippen LogP contribution < -0.4 is 11.1 Å². The van der Waals surface area contributed by atoms with Crippen molar-refractivity contribution < 1.29 is 0 Å². The highest BCUT2D eigenvalue weighted by Crippen LogP contribution is 2.29. The predicted octanol–water partition coefficient (Wildman–Crippen LogP) is 1.88. The number of hydrogen-bond donors (Lipinski definition) is 2. The summed E-state index contributed by atoms with van der Waals surface area (Å²) < 4.78 is 1.90. The smallest absolute Gasteiger partial charge is 0.241 e. The SMILES string of the molecule is Cc1cc(C)cc(C2CCNc3nc(N)nn32)c1. The lowest BCUT2D eigenvalue weighted by atomic mass is 9.98. The molecule has 0 amide bonds. The van der Waals surface area contributed by atoms with Gasteiger partial charge in [-0.15, -0.1) is 5.10 Å². The number of nitrogen functional groups attached to an aromatic ring is 1. The third kappa shape index (κ3) is 1.81. The lowest BCUT2D eigenvalue weighted by Gasteiger charge is -2.25. The van der Waals surface area contributed by atoms with Crippen LogP contribution in [0.25, 0.3) is 0 Å². The van der Waals surface area contributed by atoms with Crippen molar-refractivity contribution in [2.45, 2.75) is 26.3 Å². The number of hydrogen-bond acceptors (Lipinski definition) is 4. The van der Waals surface area contributed by atoms with Gasteiger partial charge in [0, 0.05) is 6.54 Å². The lowest BCUT2D eigenvalue weighted by molar-refractivity contribution is 0.481. The van der Waals surface area contributed by atoms with Crippen LogP contribution in [0, 0.1) is 13.8 Å². The van der Waals surface area contributed by atoms with Gasteiger partial charge < -0.3 is 11.1 Å². The van der Waals surface area contributed by atoms with Crippen molar-refractivity contribution in [3.63, 3.8) is 0 Å². The van der Waals surface area contributed by atoms with Gasteiger partial charge in [-0.05, 0) is 25.8 Å². The van der Waals surface area contributed by atoms with Crippen molar-refractivity contribution in [2.24, 2.45) is 0 Å². The Morgan fingerprint density at radius 3 is 2.72 bits per heavy atom. The molecule has 0 radical (unpaired) electrons. The Bertz CT molecular complexity index is 567. The molecule has 0 saturated carbocycles. The molecule has 18 heavy (non-hydrogen) atoms. The molecule has 3 rings (SSSR count). The summed E-state index contributed by atoms with van der Waals surface area (Å²) in [5, 5.41) is 7.51. The Hall–Kier alpha value is -2.04. The number of fused-ring (bicyclic) bond motifs is 1. The van der Waals surface area contributed by atoms with E-state index in [1.807, 2.05) is 4.68 Å². The Balaban J connectivity index is 2.07. The minimum Gasteiger partial charge on any atom is -0.366 e. The summed E-state index contributed by atoms with van der Waals surface area (Å²) >= 11 is 0. The number of nitrogens with one attached hydrogen (secondary N) is 1. The van der Waals surface area contributed by atoms with Crippen LogP contribution in [0.1, 0.15) is 29.2 Å². The molecule has 1 atom stereocenters. The van der Waals surface area contributed by atoms with E-state index in [0.717, 1.165) is 18.9 Å². The van der Waals surface area contributed by atoms with E-state index < -0.39 is 0 Å². The third-order valence-corrected chi connectivity index (χ3v) is 3.27. The lowest BCUT2D eigenvalue weighted by Crippen LogP contribution is -2.24. The van der Waals surface area contributed by atoms with E-state index >= 15 is 0 Å². The maximum atomic E-state index is 5.68. The molecule has 2 heterocycles. The topological polar surface area (TPSA) is 68.8 Å². The summed E-state index contributed by atoms with van der Waals surface area (Å²) in [6.07, 6.45) is 0.999. The van der Waals surface area contributed by atoms with Crippen LogP contribution in [-0.4, -0.2) is 21.3 Å². The highest BCUT2D eigenvalue weighted by Gasteiger charge is 2.24. The van der Waals surface area contributed by atoms with Crippen molar-refractivity contribution in [3.05, 3.63) is 34.9 Å². The van der Waals surface area contributed by atoms with Crippen molar-refractivity contribution in [1.82, 2.24) is 14.8 Å². The Labute approximate surface area is 106 Å². The first-order valence-electron chi connectivity index (χ1n) is 6.17. The zero-order chi connectivity index (χ0) is 12.7. The fourth-order valence-corrected chi connectivity index (χ4v) is 2.63. The van der Waals surface area contributed by atoms with Crippen LogP contribution in [-0.2, 0) is 0 Å². The maximum absolute atomic E-state index is 5.68. The Morgan fingerprint density at radius 2 is 2.00 bits per heavy atom. The van der Waals surface area contributed by atoms with Crippen molar-refractivity contribution in [1.29, 1.82) is 0 Å². The molecule has 0 aliphatic carbocycles. The molecule has 94 valence electrons. The van der Waals surface area contributed by atoms with Crippen molar-refractivity contribution >= 4 is 11.9 Å². The zero-order valence-corrected chi connectivity index (χ0v) is 10.6. The van der Waals surface area contributed by atoms with E-state index in [0.29, 0.717) is 5.95 Å². The molecular formula is C13H17N5. The van der Waals surface area contributed by atoms with Crippen LogP contribution in [0.5, 0.6) is 0 Å². The zero-order valence-electron chi connectivity index (χ0n) is 10.6. The molecule has 0 saturated heterocycles. The number of aryl methyl sites for hydroxylation is 2. The molecule has 1 aromatic carbocycles. The van der Waals surface area contributed by atoms with Crippen molar-refractivity contribution in [2.75, 3.05) is 17.6 Å². The fourth-order valence-electron chi connectivity index (χ4n) is 2.63. The summed E-state index contributed by atoms with van der Waals surface area (Å²) in [4.78, 5) is 4.19. The first kappa shape index (κ1) is 11.1. The van der Waals surface area contributed by atoms with Gasteiger partial charge in [-0.3, -0.25) is 0 Å². The average molecular weight is 243 g/mol. The molecule has 0 fully saturated rings. The summed E-state index contributed by atoms with van der Waals surface area (Å²) in [6, 6.07) is 6.83. The maximum Gasteiger partial charge on any atom is 0.241 e. The first-order valence-corrected chi connectivity index (χ1v) is 6.17.